The lowest BCUT2D eigenvalue weighted by atomic mass is 10.3. The Bertz CT molecular complexity index is 564. The Hall–Kier alpha value is -0.730. The molecule has 0 aliphatic carbocycles. The number of anilines is 1. The van der Waals surface area contributed by atoms with Crippen molar-refractivity contribution in [3.8, 4) is 11.4 Å². The fourth-order valence-electron chi connectivity index (χ4n) is 1.03. The number of aromatic amines is 1. The lowest BCUT2D eigenvalue weighted by Crippen LogP contribution is -2.15. The summed E-state index contributed by atoms with van der Waals surface area (Å²) >= 11 is 8.19. The maximum atomic E-state index is 11.1. The Labute approximate surface area is 105 Å². The number of hydrogen-bond acceptors (Lipinski definition) is 5. The molecular formula is C7H4Br2N4OS. The molecule has 8 heteroatoms. The molecule has 15 heavy (non-hydrogen) atoms. The van der Waals surface area contributed by atoms with E-state index in [2.05, 4.69) is 46.8 Å². The van der Waals surface area contributed by atoms with E-state index in [0.717, 1.165) is 13.1 Å². The molecule has 0 radical (unpaired) electrons. The third-order valence-electron chi connectivity index (χ3n) is 1.58. The zero-order chi connectivity index (χ0) is 11.0. The molecule has 2 heterocycles. The second-order valence-electron chi connectivity index (χ2n) is 2.60. The number of aromatic nitrogens is 3. The molecule has 0 saturated carbocycles. The van der Waals surface area contributed by atoms with Gasteiger partial charge in [-0.1, -0.05) is 0 Å². The average molecular weight is 352 g/mol. The van der Waals surface area contributed by atoms with Gasteiger partial charge in [-0.3, -0.25) is 4.98 Å². The van der Waals surface area contributed by atoms with Gasteiger partial charge in [0.25, 0.3) is 0 Å². The van der Waals surface area contributed by atoms with E-state index in [0.29, 0.717) is 5.82 Å². The first-order valence-electron chi connectivity index (χ1n) is 3.75. The van der Waals surface area contributed by atoms with Crippen molar-refractivity contribution in [2.75, 3.05) is 5.73 Å². The fourth-order valence-corrected chi connectivity index (χ4v) is 3.84. The van der Waals surface area contributed by atoms with E-state index in [1.807, 2.05) is 6.07 Å². The molecule has 0 bridgehead atoms. The highest BCUT2D eigenvalue weighted by molar-refractivity contribution is 9.12. The normalized spacial score (nSPS) is 10.5. The monoisotopic (exact) mass is 350 g/mol. The van der Waals surface area contributed by atoms with Gasteiger partial charge in [-0.15, -0.1) is 11.3 Å². The van der Waals surface area contributed by atoms with Crippen LogP contribution < -0.4 is 11.4 Å². The van der Waals surface area contributed by atoms with Crippen LogP contribution >= 0.6 is 43.2 Å². The molecule has 5 nitrogen and oxygen atoms in total. The van der Waals surface area contributed by atoms with Crippen LogP contribution in [0.1, 0.15) is 0 Å². The molecule has 2 rings (SSSR count). The first kappa shape index (κ1) is 10.8. The standard InChI is InChI=1S/C7H4Br2N4OS/c8-3-1-2(4(9)15-3)5-11-6(10)13-7(14)12-5/h1H,(H3,10,11,12,13,14). The van der Waals surface area contributed by atoms with Crippen LogP contribution in [0.2, 0.25) is 0 Å². The van der Waals surface area contributed by atoms with Crippen LogP contribution in [0.25, 0.3) is 11.4 Å². The molecule has 0 saturated heterocycles. The topological polar surface area (TPSA) is 84.7 Å². The van der Waals surface area contributed by atoms with E-state index in [4.69, 9.17) is 5.73 Å². The number of nitrogen functional groups attached to an aromatic ring is 1. The van der Waals surface area contributed by atoms with Crippen molar-refractivity contribution in [1.29, 1.82) is 0 Å². The fraction of sp³-hybridized carbons (Fsp3) is 0. The molecule has 0 unspecified atom stereocenters. The molecule has 0 aliphatic heterocycles. The van der Waals surface area contributed by atoms with Crippen molar-refractivity contribution < 1.29 is 0 Å². The quantitative estimate of drug-likeness (QED) is 0.822. The van der Waals surface area contributed by atoms with Crippen LogP contribution in [0.15, 0.2) is 18.4 Å². The maximum absolute atomic E-state index is 11.1. The molecule has 2 aromatic heterocycles. The number of nitrogens with one attached hydrogen (secondary N) is 1. The molecule has 3 N–H and O–H groups in total. The minimum atomic E-state index is -0.508. The molecule has 0 aromatic carbocycles. The highest BCUT2D eigenvalue weighted by Crippen LogP contribution is 2.36. The SMILES string of the molecule is Nc1nc(-c2cc(Br)sc2Br)[nH]c(=O)n1. The average Bonchev–Trinajstić information content (AvgIpc) is 2.43. The van der Waals surface area contributed by atoms with E-state index in [-0.39, 0.29) is 5.95 Å². The van der Waals surface area contributed by atoms with Crippen LogP contribution in [-0.4, -0.2) is 15.0 Å². The summed E-state index contributed by atoms with van der Waals surface area (Å²) < 4.78 is 1.80. The minimum Gasteiger partial charge on any atom is -0.368 e. The van der Waals surface area contributed by atoms with Crippen molar-refractivity contribution >= 4 is 49.1 Å². The van der Waals surface area contributed by atoms with Crippen LogP contribution in [0.3, 0.4) is 0 Å². The predicted octanol–water partition coefficient (Wildman–Crippen LogP) is 2.00. The minimum absolute atomic E-state index is 0.0389. The highest BCUT2D eigenvalue weighted by atomic mass is 79.9. The van der Waals surface area contributed by atoms with Gasteiger partial charge in [-0.05, 0) is 37.9 Å². The predicted molar refractivity (Wildman–Crippen MR) is 65.8 cm³/mol. The zero-order valence-corrected chi connectivity index (χ0v) is 11.1. The number of halogens is 2. The summed E-state index contributed by atoms with van der Waals surface area (Å²) in [6.07, 6.45) is 0. The van der Waals surface area contributed by atoms with E-state index < -0.39 is 5.69 Å². The number of hydrogen-bond donors (Lipinski definition) is 2. The van der Waals surface area contributed by atoms with Crippen molar-refractivity contribution in [2.24, 2.45) is 0 Å². The third kappa shape index (κ3) is 2.27. The molecule has 0 fully saturated rings. The summed E-state index contributed by atoms with van der Waals surface area (Å²) in [6, 6.07) is 1.84. The summed E-state index contributed by atoms with van der Waals surface area (Å²) in [5.41, 5.74) is 5.66. The lowest BCUT2D eigenvalue weighted by molar-refractivity contribution is 1.01. The first-order valence-corrected chi connectivity index (χ1v) is 6.15. The molecular weight excluding hydrogens is 348 g/mol. The Kier molecular flexibility index (Phi) is 2.89. The van der Waals surface area contributed by atoms with Gasteiger partial charge in [0.1, 0.15) is 5.82 Å². The summed E-state index contributed by atoms with van der Waals surface area (Å²) in [7, 11) is 0. The smallest absolute Gasteiger partial charge is 0.349 e. The van der Waals surface area contributed by atoms with Gasteiger partial charge in [0, 0.05) is 5.56 Å². The van der Waals surface area contributed by atoms with Gasteiger partial charge >= 0.3 is 5.69 Å². The summed E-state index contributed by atoms with van der Waals surface area (Å²) in [5.74, 6) is 0.365. The summed E-state index contributed by atoms with van der Waals surface area (Å²) in [5, 5.41) is 0. The number of thiophene rings is 1. The van der Waals surface area contributed by atoms with E-state index in [1.54, 1.807) is 0 Å². The zero-order valence-electron chi connectivity index (χ0n) is 7.12. The van der Waals surface area contributed by atoms with Crippen molar-refractivity contribution in [2.45, 2.75) is 0 Å². The Morgan fingerprint density at radius 2 is 2.13 bits per heavy atom. The molecule has 78 valence electrons. The molecule has 0 aliphatic rings. The first-order chi connectivity index (χ1) is 7.06. The Morgan fingerprint density at radius 3 is 2.67 bits per heavy atom. The molecule has 0 amide bonds. The lowest BCUT2D eigenvalue weighted by Gasteiger charge is -1.97. The van der Waals surface area contributed by atoms with E-state index in [9.17, 15) is 4.79 Å². The second kappa shape index (κ2) is 4.03. The van der Waals surface area contributed by atoms with Crippen LogP contribution in [-0.2, 0) is 0 Å². The summed E-state index contributed by atoms with van der Waals surface area (Å²) in [4.78, 5) is 21.0. The number of nitrogens with zero attached hydrogens (tertiary/aromatic N) is 2. The molecule has 0 atom stereocenters. The molecule has 0 spiro atoms. The van der Waals surface area contributed by atoms with E-state index >= 15 is 0 Å². The van der Waals surface area contributed by atoms with Gasteiger partial charge in [-0.2, -0.15) is 9.97 Å². The number of H-pyrrole nitrogens is 1. The van der Waals surface area contributed by atoms with Gasteiger partial charge in [0.2, 0.25) is 5.95 Å². The Morgan fingerprint density at radius 1 is 1.40 bits per heavy atom. The number of rotatable bonds is 1. The van der Waals surface area contributed by atoms with Crippen molar-refractivity contribution in [3.05, 3.63) is 24.1 Å². The van der Waals surface area contributed by atoms with Crippen molar-refractivity contribution in [1.82, 2.24) is 15.0 Å². The van der Waals surface area contributed by atoms with Gasteiger partial charge in [-0.25, -0.2) is 4.79 Å². The number of nitrogens with two attached hydrogens (primary N) is 1. The Balaban J connectivity index is 2.63. The van der Waals surface area contributed by atoms with Gasteiger partial charge in [0.05, 0.1) is 7.57 Å². The van der Waals surface area contributed by atoms with Crippen LogP contribution in [0.4, 0.5) is 5.95 Å². The highest BCUT2D eigenvalue weighted by Gasteiger charge is 2.10. The summed E-state index contributed by atoms with van der Waals surface area (Å²) in [6.45, 7) is 0. The van der Waals surface area contributed by atoms with Crippen LogP contribution in [0.5, 0.6) is 0 Å². The third-order valence-corrected chi connectivity index (χ3v) is 3.92. The second-order valence-corrected chi connectivity index (χ2v) is 6.35. The van der Waals surface area contributed by atoms with E-state index in [1.165, 1.54) is 11.3 Å². The molecule has 2 aromatic rings. The largest absolute Gasteiger partial charge is 0.368 e. The maximum Gasteiger partial charge on any atom is 0.349 e. The van der Waals surface area contributed by atoms with Gasteiger partial charge in [0.15, 0.2) is 0 Å². The van der Waals surface area contributed by atoms with Crippen molar-refractivity contribution in [3.63, 3.8) is 0 Å². The van der Waals surface area contributed by atoms with Crippen LogP contribution in [0, 0.1) is 0 Å². The van der Waals surface area contributed by atoms with Gasteiger partial charge < -0.3 is 5.73 Å².